The van der Waals surface area contributed by atoms with Gasteiger partial charge in [0.2, 0.25) is 0 Å². The van der Waals surface area contributed by atoms with E-state index < -0.39 is 12.0 Å². The fourth-order valence-electron chi connectivity index (χ4n) is 4.11. The number of aromatic nitrogens is 1. The van der Waals surface area contributed by atoms with Crippen molar-refractivity contribution in [2.75, 3.05) is 13.2 Å². The van der Waals surface area contributed by atoms with E-state index in [0.717, 1.165) is 11.1 Å². The van der Waals surface area contributed by atoms with Crippen LogP contribution in [0.25, 0.3) is 6.08 Å². The van der Waals surface area contributed by atoms with Crippen molar-refractivity contribution in [3.05, 3.63) is 103 Å². The minimum atomic E-state index is -0.687. The number of para-hydroxylation sites is 1. The van der Waals surface area contributed by atoms with Crippen molar-refractivity contribution in [2.45, 2.75) is 39.8 Å². The molecule has 1 aliphatic rings. The summed E-state index contributed by atoms with van der Waals surface area (Å²) in [6, 6.07) is 14.2. The molecule has 2 heterocycles. The second-order valence-corrected chi connectivity index (χ2v) is 9.68. The van der Waals surface area contributed by atoms with Crippen LogP contribution in [0.4, 0.5) is 0 Å². The van der Waals surface area contributed by atoms with Crippen LogP contribution in [0, 0.1) is 0 Å². The first-order valence-electron chi connectivity index (χ1n) is 12.1. The quantitative estimate of drug-likeness (QED) is 0.314. The number of thiazole rings is 1. The second-order valence-electron chi connectivity index (χ2n) is 8.68. The van der Waals surface area contributed by atoms with Gasteiger partial charge in [-0.15, -0.1) is 0 Å². The topological polar surface area (TPSA) is 79.1 Å². The average molecular weight is 519 g/mol. The van der Waals surface area contributed by atoms with Gasteiger partial charge in [-0.05, 0) is 57.5 Å². The normalized spacial score (nSPS) is 15.3. The summed E-state index contributed by atoms with van der Waals surface area (Å²) < 4.78 is 19.0. The first kappa shape index (κ1) is 26.2. The van der Waals surface area contributed by atoms with Gasteiger partial charge in [0.1, 0.15) is 18.1 Å². The number of allylic oxidation sites excluding steroid dienone is 1. The number of fused-ring (bicyclic) bond motifs is 1. The zero-order chi connectivity index (χ0) is 26.5. The highest BCUT2D eigenvalue weighted by molar-refractivity contribution is 7.07. The molecule has 1 aliphatic heterocycles. The molecule has 1 aromatic heterocycles. The molecule has 7 nitrogen and oxygen atoms in total. The number of carbonyl (C=O) groups excluding carboxylic acids is 1. The largest absolute Gasteiger partial charge is 0.490 e. The van der Waals surface area contributed by atoms with E-state index in [1.807, 2.05) is 68.5 Å². The highest BCUT2D eigenvalue weighted by atomic mass is 32.1. The molecule has 0 bridgehead atoms. The van der Waals surface area contributed by atoms with E-state index >= 15 is 0 Å². The summed E-state index contributed by atoms with van der Waals surface area (Å²) in [7, 11) is 0. The van der Waals surface area contributed by atoms with Gasteiger partial charge in [-0.2, -0.15) is 0 Å². The van der Waals surface area contributed by atoms with Crippen LogP contribution in [0.1, 0.15) is 44.9 Å². The molecule has 0 saturated heterocycles. The van der Waals surface area contributed by atoms with Crippen molar-refractivity contribution < 1.29 is 19.0 Å². The van der Waals surface area contributed by atoms with Gasteiger partial charge in [0, 0.05) is 5.56 Å². The van der Waals surface area contributed by atoms with Gasteiger partial charge in [0.05, 0.1) is 34.6 Å². The van der Waals surface area contributed by atoms with Crippen LogP contribution in [0.2, 0.25) is 0 Å². The van der Waals surface area contributed by atoms with Crippen molar-refractivity contribution in [2.24, 2.45) is 4.99 Å². The molecule has 192 valence electrons. The zero-order valence-corrected chi connectivity index (χ0v) is 22.2. The zero-order valence-electron chi connectivity index (χ0n) is 21.4. The van der Waals surface area contributed by atoms with E-state index in [0.29, 0.717) is 38.7 Å². The number of carbonyl (C=O) groups is 1. The molecule has 0 radical (unpaired) electrons. The molecule has 1 atom stereocenters. The Labute approximate surface area is 219 Å². The summed E-state index contributed by atoms with van der Waals surface area (Å²) in [6.07, 6.45) is 3.47. The molecule has 0 amide bonds. The summed E-state index contributed by atoms with van der Waals surface area (Å²) >= 11 is 1.28. The van der Waals surface area contributed by atoms with Crippen LogP contribution in [0.3, 0.4) is 0 Å². The summed E-state index contributed by atoms with van der Waals surface area (Å²) in [5.74, 6) is 0.861. The predicted molar refractivity (Wildman–Crippen MR) is 145 cm³/mol. The second kappa shape index (κ2) is 11.4. The van der Waals surface area contributed by atoms with Crippen LogP contribution in [0.5, 0.6) is 11.5 Å². The number of rotatable bonds is 9. The van der Waals surface area contributed by atoms with Crippen molar-refractivity contribution >= 4 is 23.4 Å². The van der Waals surface area contributed by atoms with E-state index in [1.54, 1.807) is 24.5 Å². The van der Waals surface area contributed by atoms with Gasteiger partial charge in [-0.1, -0.05) is 54.3 Å². The third-order valence-electron chi connectivity index (χ3n) is 5.65. The molecule has 0 saturated carbocycles. The van der Waals surface area contributed by atoms with E-state index in [2.05, 4.69) is 11.6 Å². The van der Waals surface area contributed by atoms with Crippen molar-refractivity contribution in [1.82, 2.24) is 4.57 Å². The van der Waals surface area contributed by atoms with Crippen LogP contribution >= 0.6 is 11.3 Å². The molecule has 0 aliphatic carbocycles. The van der Waals surface area contributed by atoms with Gasteiger partial charge < -0.3 is 14.2 Å². The Hall–Kier alpha value is -3.91. The third kappa shape index (κ3) is 5.59. The third-order valence-corrected chi connectivity index (χ3v) is 6.63. The maximum atomic E-state index is 13.8. The summed E-state index contributed by atoms with van der Waals surface area (Å²) in [6.45, 7) is 11.7. The Kier molecular flexibility index (Phi) is 8.08. The van der Waals surface area contributed by atoms with Gasteiger partial charge >= 0.3 is 5.97 Å². The molecule has 3 aromatic rings. The molecule has 0 N–H and O–H groups in total. The summed E-state index contributed by atoms with van der Waals surface area (Å²) in [4.78, 5) is 32.0. The number of esters is 1. The summed E-state index contributed by atoms with van der Waals surface area (Å²) in [5, 5.41) is 0. The molecule has 0 fully saturated rings. The minimum absolute atomic E-state index is 0.0102. The number of benzene rings is 2. The highest BCUT2D eigenvalue weighted by Gasteiger charge is 2.33. The molecule has 37 heavy (non-hydrogen) atoms. The van der Waals surface area contributed by atoms with Crippen LogP contribution in [-0.2, 0) is 9.53 Å². The predicted octanol–water partition coefficient (Wildman–Crippen LogP) is 4.15. The lowest BCUT2D eigenvalue weighted by atomic mass is 9.96. The van der Waals surface area contributed by atoms with Gasteiger partial charge in [-0.25, -0.2) is 9.79 Å². The molecular formula is C29H30N2O5S. The van der Waals surface area contributed by atoms with E-state index in [4.69, 9.17) is 14.2 Å². The lowest BCUT2D eigenvalue weighted by Crippen LogP contribution is -2.39. The lowest BCUT2D eigenvalue weighted by molar-refractivity contribution is -0.139. The lowest BCUT2D eigenvalue weighted by Gasteiger charge is -2.24. The Morgan fingerprint density at radius 3 is 2.59 bits per heavy atom. The molecule has 0 unspecified atom stereocenters. The monoisotopic (exact) mass is 518 g/mol. The number of hydrogen-bond donors (Lipinski definition) is 0. The van der Waals surface area contributed by atoms with Crippen molar-refractivity contribution in [3.8, 4) is 11.5 Å². The highest BCUT2D eigenvalue weighted by Crippen LogP contribution is 2.31. The number of ether oxygens (including phenoxy) is 3. The number of hydrogen-bond acceptors (Lipinski definition) is 7. The smallest absolute Gasteiger partial charge is 0.338 e. The fourth-order valence-corrected chi connectivity index (χ4v) is 5.15. The minimum Gasteiger partial charge on any atom is -0.490 e. The van der Waals surface area contributed by atoms with Crippen LogP contribution in [0.15, 0.2) is 82.2 Å². The van der Waals surface area contributed by atoms with Crippen molar-refractivity contribution in [3.63, 3.8) is 0 Å². The summed E-state index contributed by atoms with van der Waals surface area (Å²) in [5.41, 5.74) is 2.16. The molecule has 2 aromatic carbocycles. The molecular weight excluding hydrogens is 488 g/mol. The van der Waals surface area contributed by atoms with E-state index in [-0.39, 0.29) is 18.3 Å². The van der Waals surface area contributed by atoms with Gasteiger partial charge in [0.15, 0.2) is 4.80 Å². The molecule has 4 rings (SSSR count). The SMILES string of the molecule is C=CCOc1ccc([C@H]2C(C(=O)OCC)=C(C)N=c3s/c(=C\c4ccccc4OC(C)C)c(=O)n32)cc1. The Balaban J connectivity index is 1.88. The Morgan fingerprint density at radius 1 is 1.19 bits per heavy atom. The average Bonchev–Trinajstić information content (AvgIpc) is 3.17. The van der Waals surface area contributed by atoms with Gasteiger partial charge in [-0.3, -0.25) is 9.36 Å². The maximum Gasteiger partial charge on any atom is 0.338 e. The Morgan fingerprint density at radius 2 is 1.92 bits per heavy atom. The molecule has 0 spiro atoms. The van der Waals surface area contributed by atoms with Gasteiger partial charge in [0.25, 0.3) is 5.56 Å². The number of nitrogens with zero attached hydrogens (tertiary/aromatic N) is 2. The van der Waals surface area contributed by atoms with Crippen LogP contribution in [-0.4, -0.2) is 29.9 Å². The van der Waals surface area contributed by atoms with Crippen LogP contribution < -0.4 is 24.4 Å². The van der Waals surface area contributed by atoms with Crippen molar-refractivity contribution in [1.29, 1.82) is 0 Å². The standard InChI is InChI=1S/C29H30N2O5S/c1-6-16-35-22-14-12-20(13-15-22)26-25(28(33)34-7-2)19(5)30-29-31(26)27(32)24(37-29)17-21-10-8-9-11-23(21)36-18(3)4/h6,8-15,17-18,26H,1,7,16H2,2-5H3/b24-17-/t26-/m0/s1. The fraction of sp³-hybridized carbons (Fsp3) is 0.276. The Bertz CT molecular complexity index is 1510. The maximum absolute atomic E-state index is 13.8. The molecule has 8 heteroatoms. The first-order valence-corrected chi connectivity index (χ1v) is 12.9. The first-order chi connectivity index (χ1) is 17.8. The van der Waals surface area contributed by atoms with E-state index in [9.17, 15) is 9.59 Å². The van der Waals surface area contributed by atoms with E-state index in [1.165, 1.54) is 11.3 Å².